The van der Waals surface area contributed by atoms with E-state index in [0.29, 0.717) is 17.4 Å². The number of quaternary nitrogens is 1. The molecule has 1 aromatic rings. The molecule has 0 bridgehead atoms. The number of likely N-dealkylation sites (N-methyl/N-ethyl adjacent to an activating group) is 1. The van der Waals surface area contributed by atoms with Crippen molar-refractivity contribution in [3.05, 3.63) is 71.3 Å². The lowest BCUT2D eigenvalue weighted by Crippen LogP contribution is -2.37. The minimum absolute atomic E-state index is 0.0938. The number of ether oxygens (including phenoxy) is 2. The van der Waals surface area contributed by atoms with Gasteiger partial charge in [-0.3, -0.25) is 14.2 Å². The van der Waals surface area contributed by atoms with Gasteiger partial charge >= 0.3 is 11.9 Å². The third-order valence-corrected chi connectivity index (χ3v) is 10.7. The van der Waals surface area contributed by atoms with Gasteiger partial charge in [-0.25, -0.2) is 0 Å². The number of esters is 2. The van der Waals surface area contributed by atoms with Crippen molar-refractivity contribution >= 4 is 19.8 Å². The number of aliphatic hydroxyl groups excluding tert-OH is 2. The van der Waals surface area contributed by atoms with Gasteiger partial charge in [0.05, 0.1) is 40.0 Å². The number of carbonyl (C=O) groups excluding carboxylic acids is 2. The van der Waals surface area contributed by atoms with Crippen LogP contribution in [-0.2, 0) is 45.5 Å². The van der Waals surface area contributed by atoms with Crippen LogP contribution in [-0.4, -0.2) is 92.5 Å². The van der Waals surface area contributed by atoms with Crippen LogP contribution in [0.25, 0.3) is 0 Å². The van der Waals surface area contributed by atoms with Gasteiger partial charge in [-0.1, -0.05) is 88.1 Å². The van der Waals surface area contributed by atoms with E-state index in [1.54, 1.807) is 0 Å². The van der Waals surface area contributed by atoms with Crippen molar-refractivity contribution < 1.29 is 56.7 Å². The zero-order valence-electron chi connectivity index (χ0n) is 37.4. The van der Waals surface area contributed by atoms with Crippen molar-refractivity contribution in [1.82, 2.24) is 0 Å². The zero-order valence-corrected chi connectivity index (χ0v) is 38.3. The molecule has 0 radical (unpaired) electrons. The Balaban J connectivity index is 2.48. The van der Waals surface area contributed by atoms with Crippen LogP contribution in [0.15, 0.2) is 53.0 Å². The van der Waals surface area contributed by atoms with E-state index in [0.717, 1.165) is 88.6 Å². The van der Waals surface area contributed by atoms with E-state index in [2.05, 4.69) is 58.1 Å². The fraction of sp³-hybridized carbons (Fsp3) is 0.696. The van der Waals surface area contributed by atoms with E-state index in [1.165, 1.54) is 11.1 Å². The summed E-state index contributed by atoms with van der Waals surface area (Å²) in [5, 5.41) is 20.8. The number of allylic oxidation sites excluding steroid dienone is 7. The first-order chi connectivity index (χ1) is 28.1. The van der Waals surface area contributed by atoms with Gasteiger partial charge < -0.3 is 42.5 Å². The molecule has 0 aromatic carbocycles. The van der Waals surface area contributed by atoms with Crippen LogP contribution in [0, 0.1) is 13.8 Å². The molecule has 2 N–H and O–H groups in total. The Morgan fingerprint density at radius 1 is 0.729 bits per heavy atom. The van der Waals surface area contributed by atoms with Crippen molar-refractivity contribution in [2.24, 2.45) is 0 Å². The Hall–Kier alpha value is -2.83. The Labute approximate surface area is 355 Å². The summed E-state index contributed by atoms with van der Waals surface area (Å²) in [6.07, 6.45) is 26.1. The predicted octanol–water partition coefficient (Wildman–Crippen LogP) is 8.87. The molecule has 0 aliphatic carbocycles. The van der Waals surface area contributed by atoms with Crippen molar-refractivity contribution in [2.45, 2.75) is 162 Å². The van der Waals surface area contributed by atoms with Crippen molar-refractivity contribution in [3.8, 4) is 0 Å². The van der Waals surface area contributed by atoms with E-state index >= 15 is 0 Å². The summed E-state index contributed by atoms with van der Waals surface area (Å²) in [4.78, 5) is 37.7. The van der Waals surface area contributed by atoms with Gasteiger partial charge in [-0.05, 0) is 89.2 Å². The lowest BCUT2D eigenvalue weighted by Gasteiger charge is -2.28. The fourth-order valence-corrected chi connectivity index (χ4v) is 6.69. The first-order valence-electron chi connectivity index (χ1n) is 21.9. The smallest absolute Gasteiger partial charge is 0.306 e. The molecule has 12 nitrogen and oxygen atoms in total. The molecule has 4 atom stereocenters. The number of nitrogens with zero attached hydrogens (tertiary/aromatic N) is 1. The van der Waals surface area contributed by atoms with Gasteiger partial charge in [0.15, 0.2) is 6.10 Å². The van der Waals surface area contributed by atoms with E-state index in [1.807, 2.05) is 39.4 Å². The molecule has 1 unspecified atom stereocenters. The van der Waals surface area contributed by atoms with Gasteiger partial charge in [0, 0.05) is 25.7 Å². The number of phosphoric ester groups is 1. The maximum Gasteiger partial charge on any atom is 0.306 e. The minimum atomic E-state index is -4.72. The highest BCUT2D eigenvalue weighted by atomic mass is 31.2. The molecule has 13 heteroatoms. The zero-order chi connectivity index (χ0) is 43.9. The monoisotopic (exact) mass is 852 g/mol. The van der Waals surface area contributed by atoms with Crippen molar-refractivity contribution in [1.29, 1.82) is 0 Å². The number of furan rings is 1. The number of rotatable bonds is 35. The maximum absolute atomic E-state index is 12.7. The summed E-state index contributed by atoms with van der Waals surface area (Å²) >= 11 is 0. The topological polar surface area (TPSA) is 165 Å². The van der Waals surface area contributed by atoms with Gasteiger partial charge in [0.2, 0.25) is 0 Å². The number of aryl methyl sites for hydroxylation is 2. The number of hydrogen-bond donors (Lipinski definition) is 2. The average Bonchev–Trinajstić information content (AvgIpc) is 3.44. The molecule has 1 rings (SSSR count). The summed E-state index contributed by atoms with van der Waals surface area (Å²) in [6.45, 7) is 7.88. The van der Waals surface area contributed by atoms with Crippen LogP contribution < -0.4 is 4.89 Å². The number of carbonyl (C=O) groups is 2. The summed E-state index contributed by atoms with van der Waals surface area (Å²) in [7, 11) is 0.952. The number of aliphatic hydroxyl groups is 2. The molecule has 338 valence electrons. The second-order valence-electron chi connectivity index (χ2n) is 16.2. The SMILES string of the molecule is CC/C=C\C/C=C\C/C=C\C/C=C\C[C@@H](O)[C@H](O)CCCC(=O)O[C@H](COC(=O)CCCCCCCCc1oc(CCC)c(C)c1C)COP(=O)([O-])OCC[N+](C)(C)C. The predicted molar refractivity (Wildman–Crippen MR) is 233 cm³/mol. The summed E-state index contributed by atoms with van der Waals surface area (Å²) in [6, 6.07) is 0. The third kappa shape index (κ3) is 28.4. The lowest BCUT2D eigenvalue weighted by atomic mass is 10.0. The molecule has 0 aliphatic rings. The summed E-state index contributed by atoms with van der Waals surface area (Å²) in [5.41, 5.74) is 2.54. The van der Waals surface area contributed by atoms with E-state index in [-0.39, 0.29) is 45.3 Å². The number of phosphoric acid groups is 1. The van der Waals surface area contributed by atoms with Crippen LogP contribution in [0.4, 0.5) is 0 Å². The molecule has 1 heterocycles. The molecule has 0 spiro atoms. The Kier molecular flexibility index (Phi) is 29.4. The molecule has 0 aliphatic heterocycles. The van der Waals surface area contributed by atoms with E-state index < -0.39 is 44.7 Å². The van der Waals surface area contributed by atoms with Crippen LogP contribution >= 0.6 is 7.82 Å². The quantitative estimate of drug-likeness (QED) is 0.0220. The Morgan fingerprint density at radius 3 is 1.90 bits per heavy atom. The highest BCUT2D eigenvalue weighted by molar-refractivity contribution is 7.45. The molecular weight excluding hydrogens is 773 g/mol. The molecule has 0 amide bonds. The molecule has 59 heavy (non-hydrogen) atoms. The first kappa shape index (κ1) is 54.2. The van der Waals surface area contributed by atoms with Gasteiger partial charge in [0.25, 0.3) is 7.82 Å². The molecule has 0 saturated carbocycles. The van der Waals surface area contributed by atoms with Crippen molar-refractivity contribution in [3.63, 3.8) is 0 Å². The second-order valence-corrected chi connectivity index (χ2v) is 17.6. The highest BCUT2D eigenvalue weighted by Crippen LogP contribution is 2.38. The van der Waals surface area contributed by atoms with E-state index in [4.69, 9.17) is 22.9 Å². The first-order valence-corrected chi connectivity index (χ1v) is 23.3. The lowest BCUT2D eigenvalue weighted by molar-refractivity contribution is -0.870. The van der Waals surface area contributed by atoms with Crippen molar-refractivity contribution in [2.75, 3.05) is 47.5 Å². The molecule has 1 aromatic heterocycles. The van der Waals surface area contributed by atoms with Crippen LogP contribution in [0.5, 0.6) is 0 Å². The maximum atomic E-state index is 12.7. The number of hydrogen-bond acceptors (Lipinski definition) is 11. The van der Waals surface area contributed by atoms with Crippen LogP contribution in [0.1, 0.15) is 139 Å². The summed E-state index contributed by atoms with van der Waals surface area (Å²) < 4.78 is 39.8. The molecule has 0 fully saturated rings. The second kappa shape index (κ2) is 32.0. The number of unbranched alkanes of at least 4 members (excludes halogenated alkanes) is 5. The fourth-order valence-electron chi connectivity index (χ4n) is 5.96. The van der Waals surface area contributed by atoms with Crippen LogP contribution in [0.2, 0.25) is 0 Å². The Bertz CT molecular complexity index is 1460. The minimum Gasteiger partial charge on any atom is -0.756 e. The largest absolute Gasteiger partial charge is 0.756 e. The molecular formula is C46H78NO11P. The standard InChI is InChI=1S/C46H78NO11P/c1-8-10-11-12-13-14-15-16-17-18-21-24-29-41(48)42(49)30-27-33-46(51)57-40(37-56-59(52,53)55-35-34-47(5,6)7)36-54-45(50)32-26-23-20-19-22-25-31-44-39(4)38(3)43(58-44)28-9-2/h10-11,13-14,16-17,21,24,40-42,48-49H,8-9,12,15,18-20,22-23,25-37H2,1-7H3/b11-10-,14-13-,17-16-,24-21-/t40-,41-,42-/m1/s1. The summed E-state index contributed by atoms with van der Waals surface area (Å²) in [5.74, 6) is 1.04. The van der Waals surface area contributed by atoms with Crippen LogP contribution in [0.3, 0.4) is 0 Å². The molecule has 0 saturated heterocycles. The van der Waals surface area contributed by atoms with Gasteiger partial charge in [0.1, 0.15) is 31.3 Å². The third-order valence-electron chi connectivity index (χ3n) is 9.74. The van der Waals surface area contributed by atoms with E-state index in [9.17, 15) is 29.3 Å². The highest BCUT2D eigenvalue weighted by Gasteiger charge is 2.23. The van der Waals surface area contributed by atoms with Gasteiger partial charge in [-0.2, -0.15) is 0 Å². The van der Waals surface area contributed by atoms with Gasteiger partial charge in [-0.15, -0.1) is 0 Å². The Morgan fingerprint density at radius 2 is 1.29 bits per heavy atom. The normalized spacial score (nSPS) is 15.1. The average molecular weight is 852 g/mol.